The first-order valence-electron chi connectivity index (χ1n) is 5.12. The van der Waals surface area contributed by atoms with E-state index in [1.807, 2.05) is 0 Å². The van der Waals surface area contributed by atoms with Gasteiger partial charge < -0.3 is 14.6 Å². The fourth-order valence-electron chi connectivity index (χ4n) is 1.50. The van der Waals surface area contributed by atoms with Gasteiger partial charge in [0.2, 0.25) is 0 Å². The summed E-state index contributed by atoms with van der Waals surface area (Å²) in [6.07, 6.45) is 0.259. The van der Waals surface area contributed by atoms with Gasteiger partial charge in [0.1, 0.15) is 5.75 Å². The lowest BCUT2D eigenvalue weighted by atomic mass is 10.00. The summed E-state index contributed by atoms with van der Waals surface area (Å²) in [5.41, 5.74) is 0.612. The molecule has 0 amide bonds. The van der Waals surface area contributed by atoms with Crippen molar-refractivity contribution in [3.8, 4) is 11.5 Å². The second-order valence-corrected chi connectivity index (χ2v) is 3.74. The van der Waals surface area contributed by atoms with E-state index in [-0.39, 0.29) is 12.2 Å². The number of hydrogen-bond donors (Lipinski definition) is 1. The van der Waals surface area contributed by atoms with Crippen LogP contribution >= 0.6 is 0 Å². The maximum Gasteiger partial charge on any atom is 0.306 e. The van der Waals surface area contributed by atoms with E-state index in [2.05, 4.69) is 0 Å². The van der Waals surface area contributed by atoms with Gasteiger partial charge in [-0.05, 0) is 18.1 Å². The molecule has 0 spiro atoms. The Bertz CT molecular complexity index is 417. The van der Waals surface area contributed by atoms with Crippen LogP contribution in [-0.4, -0.2) is 25.3 Å². The molecule has 1 aromatic carbocycles. The molecule has 5 heteroatoms. The Morgan fingerprint density at radius 1 is 1.35 bits per heavy atom. The quantitative estimate of drug-likeness (QED) is 0.859. The van der Waals surface area contributed by atoms with Crippen molar-refractivity contribution in [2.24, 2.45) is 5.92 Å². The van der Waals surface area contributed by atoms with Crippen LogP contribution in [0.4, 0.5) is 4.39 Å². The number of rotatable bonds is 5. The van der Waals surface area contributed by atoms with Crippen molar-refractivity contribution in [3.63, 3.8) is 0 Å². The summed E-state index contributed by atoms with van der Waals surface area (Å²) in [6.45, 7) is 1.58. The predicted molar refractivity (Wildman–Crippen MR) is 60.0 cm³/mol. The smallest absolute Gasteiger partial charge is 0.306 e. The lowest BCUT2D eigenvalue weighted by Crippen LogP contribution is -2.13. The molecule has 0 bridgehead atoms. The van der Waals surface area contributed by atoms with Crippen LogP contribution < -0.4 is 9.47 Å². The summed E-state index contributed by atoms with van der Waals surface area (Å²) in [5, 5.41) is 8.84. The van der Waals surface area contributed by atoms with E-state index in [1.54, 1.807) is 6.92 Å². The number of aliphatic carboxylic acids is 1. The van der Waals surface area contributed by atoms with E-state index in [0.29, 0.717) is 11.3 Å². The second kappa shape index (κ2) is 5.52. The second-order valence-electron chi connectivity index (χ2n) is 3.74. The van der Waals surface area contributed by atoms with Crippen LogP contribution in [0.25, 0.3) is 0 Å². The van der Waals surface area contributed by atoms with E-state index in [9.17, 15) is 9.18 Å². The van der Waals surface area contributed by atoms with Gasteiger partial charge in [-0.3, -0.25) is 4.79 Å². The molecule has 94 valence electrons. The van der Waals surface area contributed by atoms with Gasteiger partial charge in [-0.25, -0.2) is 4.39 Å². The zero-order chi connectivity index (χ0) is 13.0. The molecule has 1 aromatic rings. The molecule has 1 N–H and O–H groups in total. The third-order valence-electron chi connectivity index (χ3n) is 2.50. The highest BCUT2D eigenvalue weighted by molar-refractivity contribution is 5.70. The molecule has 4 nitrogen and oxygen atoms in total. The fraction of sp³-hybridized carbons (Fsp3) is 0.417. The van der Waals surface area contributed by atoms with Crippen molar-refractivity contribution in [2.45, 2.75) is 13.3 Å². The molecule has 0 saturated heterocycles. The van der Waals surface area contributed by atoms with Gasteiger partial charge in [0.05, 0.1) is 20.1 Å². The summed E-state index contributed by atoms with van der Waals surface area (Å²) < 4.78 is 23.3. The molecule has 1 atom stereocenters. The van der Waals surface area contributed by atoms with Crippen molar-refractivity contribution >= 4 is 5.97 Å². The summed E-state index contributed by atoms with van der Waals surface area (Å²) in [7, 11) is 2.77. The number of carboxylic acid groups (broad SMARTS) is 1. The van der Waals surface area contributed by atoms with Gasteiger partial charge in [0, 0.05) is 6.07 Å². The van der Waals surface area contributed by atoms with Crippen molar-refractivity contribution in [2.75, 3.05) is 14.2 Å². The van der Waals surface area contributed by atoms with Crippen LogP contribution in [0.2, 0.25) is 0 Å². The molecule has 0 fully saturated rings. The molecule has 0 heterocycles. The Morgan fingerprint density at radius 2 is 1.94 bits per heavy atom. The van der Waals surface area contributed by atoms with Gasteiger partial charge >= 0.3 is 5.97 Å². The highest BCUT2D eigenvalue weighted by Crippen LogP contribution is 2.29. The Balaban J connectivity index is 3.08. The first-order valence-corrected chi connectivity index (χ1v) is 5.12. The first kappa shape index (κ1) is 13.3. The summed E-state index contributed by atoms with van der Waals surface area (Å²) in [4.78, 5) is 10.8. The normalized spacial score (nSPS) is 12.0. The van der Waals surface area contributed by atoms with Crippen LogP contribution in [0, 0.1) is 11.7 Å². The van der Waals surface area contributed by atoms with Crippen molar-refractivity contribution < 1.29 is 23.8 Å². The SMILES string of the molecule is COc1cc(CC(C)C(=O)O)c(OC)cc1F. The molecular weight excluding hydrogens is 227 g/mol. The van der Waals surface area contributed by atoms with E-state index in [1.165, 1.54) is 26.4 Å². The number of methoxy groups -OCH3 is 2. The first-order chi connectivity index (χ1) is 7.99. The number of halogens is 1. The largest absolute Gasteiger partial charge is 0.496 e. The van der Waals surface area contributed by atoms with Crippen molar-refractivity contribution in [1.82, 2.24) is 0 Å². The molecule has 1 rings (SSSR count). The highest BCUT2D eigenvalue weighted by Gasteiger charge is 2.17. The third-order valence-corrected chi connectivity index (χ3v) is 2.50. The van der Waals surface area contributed by atoms with E-state index >= 15 is 0 Å². The van der Waals surface area contributed by atoms with Gasteiger partial charge in [0.15, 0.2) is 11.6 Å². The lowest BCUT2D eigenvalue weighted by molar-refractivity contribution is -0.141. The van der Waals surface area contributed by atoms with Gasteiger partial charge in [0.25, 0.3) is 0 Å². The Hall–Kier alpha value is -1.78. The maximum atomic E-state index is 13.4. The number of benzene rings is 1. The fourth-order valence-corrected chi connectivity index (χ4v) is 1.50. The molecule has 17 heavy (non-hydrogen) atoms. The highest BCUT2D eigenvalue weighted by atomic mass is 19.1. The Labute approximate surface area is 99.0 Å². The summed E-state index contributed by atoms with van der Waals surface area (Å²) in [6, 6.07) is 2.66. The number of ether oxygens (including phenoxy) is 2. The Kier molecular flexibility index (Phi) is 4.31. The zero-order valence-electron chi connectivity index (χ0n) is 9.99. The average molecular weight is 242 g/mol. The molecule has 0 aromatic heterocycles. The van der Waals surface area contributed by atoms with E-state index in [0.717, 1.165) is 0 Å². The molecule has 0 aliphatic heterocycles. The molecular formula is C12H15FO4. The number of hydrogen-bond acceptors (Lipinski definition) is 3. The molecule has 0 saturated carbocycles. The summed E-state index contributed by atoms with van der Waals surface area (Å²) >= 11 is 0. The van der Waals surface area contributed by atoms with Crippen molar-refractivity contribution in [3.05, 3.63) is 23.5 Å². The number of carboxylic acids is 1. The minimum absolute atomic E-state index is 0.0818. The lowest BCUT2D eigenvalue weighted by Gasteiger charge is -2.13. The Morgan fingerprint density at radius 3 is 2.41 bits per heavy atom. The van der Waals surface area contributed by atoms with Crippen LogP contribution in [0.15, 0.2) is 12.1 Å². The average Bonchev–Trinajstić information content (AvgIpc) is 2.30. The summed E-state index contributed by atoms with van der Waals surface area (Å²) in [5.74, 6) is -1.60. The van der Waals surface area contributed by atoms with Gasteiger partial charge in [-0.1, -0.05) is 6.92 Å². The zero-order valence-corrected chi connectivity index (χ0v) is 9.99. The van der Waals surface area contributed by atoms with Gasteiger partial charge in [-0.2, -0.15) is 0 Å². The van der Waals surface area contributed by atoms with Crippen molar-refractivity contribution in [1.29, 1.82) is 0 Å². The third kappa shape index (κ3) is 3.09. The molecule has 1 unspecified atom stereocenters. The maximum absolute atomic E-state index is 13.4. The van der Waals surface area contributed by atoms with Gasteiger partial charge in [-0.15, -0.1) is 0 Å². The molecule has 0 aliphatic carbocycles. The monoisotopic (exact) mass is 242 g/mol. The number of carbonyl (C=O) groups is 1. The minimum atomic E-state index is -0.907. The molecule has 0 radical (unpaired) electrons. The van der Waals surface area contributed by atoms with E-state index in [4.69, 9.17) is 14.6 Å². The standard InChI is InChI=1S/C12H15FO4/c1-7(12(14)15)4-8-5-11(17-3)9(13)6-10(8)16-2/h5-7H,4H2,1-3H3,(H,14,15). The predicted octanol–water partition coefficient (Wildman–Crippen LogP) is 2.11. The van der Waals surface area contributed by atoms with Crippen LogP contribution in [0.1, 0.15) is 12.5 Å². The van der Waals surface area contributed by atoms with E-state index < -0.39 is 17.7 Å². The van der Waals surface area contributed by atoms with Crippen LogP contribution in [0.3, 0.4) is 0 Å². The topological polar surface area (TPSA) is 55.8 Å². The minimum Gasteiger partial charge on any atom is -0.496 e. The van der Waals surface area contributed by atoms with Crippen LogP contribution in [0.5, 0.6) is 11.5 Å². The molecule has 0 aliphatic rings. The van der Waals surface area contributed by atoms with Crippen LogP contribution in [-0.2, 0) is 11.2 Å².